The molecule has 3 aromatic carbocycles. The number of allylic oxidation sites excluding steroid dienone is 2. The van der Waals surface area contributed by atoms with Crippen molar-refractivity contribution >= 4 is 28.0 Å². The van der Waals surface area contributed by atoms with Gasteiger partial charge in [-0.3, -0.25) is 9.79 Å². The summed E-state index contributed by atoms with van der Waals surface area (Å²) in [6.45, 7) is 0. The predicted octanol–water partition coefficient (Wildman–Crippen LogP) is 5.73. The number of benzene rings is 3. The molecule has 0 heterocycles. The number of carbonyl (C=O) groups excluding carboxylic acids is 1. The van der Waals surface area contributed by atoms with E-state index in [-0.39, 0.29) is 11.5 Å². The molecule has 0 aromatic heterocycles. The number of aliphatic hydroxyl groups excluding tert-OH is 1. The fraction of sp³-hybridized carbons (Fsp3) is 0.200. The molecule has 1 saturated carbocycles. The third-order valence-corrected chi connectivity index (χ3v) is 5.25. The number of rotatable bonds is 4. The van der Waals surface area contributed by atoms with Gasteiger partial charge in [-0.25, -0.2) is 0 Å². The van der Waals surface area contributed by atoms with E-state index in [0.29, 0.717) is 30.5 Å². The Kier molecular flexibility index (Phi) is 5.43. The minimum atomic E-state index is -0.0405. The average Bonchev–Trinajstić information content (AvgIpc) is 2.74. The number of fused-ring (bicyclic) bond motifs is 1. The highest BCUT2D eigenvalue weighted by Crippen LogP contribution is 2.28. The number of carbonyl (C=O) groups is 1. The van der Waals surface area contributed by atoms with Crippen LogP contribution in [0.1, 0.15) is 24.8 Å². The normalized spacial score (nSPS) is 17.6. The van der Waals surface area contributed by atoms with Crippen LogP contribution in [0.15, 0.2) is 83.1 Å². The third kappa shape index (κ3) is 4.06. The van der Waals surface area contributed by atoms with Gasteiger partial charge in [0.25, 0.3) is 0 Å². The summed E-state index contributed by atoms with van der Waals surface area (Å²) in [5.74, 6) is 0.808. The van der Waals surface area contributed by atoms with Crippen LogP contribution < -0.4 is 4.74 Å². The van der Waals surface area contributed by atoms with Crippen LogP contribution >= 0.6 is 0 Å². The lowest BCUT2D eigenvalue weighted by Crippen LogP contribution is -2.21. The lowest BCUT2D eigenvalue weighted by molar-refractivity contribution is -0.115. The molecule has 4 rings (SSSR count). The maximum Gasteiger partial charge on any atom is 0.168 e. The van der Waals surface area contributed by atoms with E-state index in [0.717, 1.165) is 34.2 Å². The second-order valence-corrected chi connectivity index (χ2v) is 7.17. The fourth-order valence-corrected chi connectivity index (χ4v) is 3.79. The van der Waals surface area contributed by atoms with Gasteiger partial charge < -0.3 is 9.84 Å². The van der Waals surface area contributed by atoms with E-state index < -0.39 is 0 Å². The molecular weight excluding hydrogens is 362 g/mol. The highest BCUT2D eigenvalue weighted by atomic mass is 16.5. The highest BCUT2D eigenvalue weighted by Gasteiger charge is 2.25. The maximum absolute atomic E-state index is 12.7. The molecule has 0 saturated heterocycles. The van der Waals surface area contributed by atoms with Crippen molar-refractivity contribution in [3.8, 4) is 5.75 Å². The zero-order chi connectivity index (χ0) is 20.2. The van der Waals surface area contributed by atoms with Crippen LogP contribution in [0.4, 0.5) is 5.69 Å². The molecule has 29 heavy (non-hydrogen) atoms. The molecule has 0 amide bonds. The summed E-state index contributed by atoms with van der Waals surface area (Å²) >= 11 is 0. The van der Waals surface area contributed by atoms with Crippen molar-refractivity contribution in [2.75, 3.05) is 7.11 Å². The molecule has 0 bridgehead atoms. The second-order valence-electron chi connectivity index (χ2n) is 7.17. The molecule has 4 nitrogen and oxygen atoms in total. The van der Waals surface area contributed by atoms with E-state index in [1.165, 1.54) is 0 Å². The van der Waals surface area contributed by atoms with Gasteiger partial charge in [-0.2, -0.15) is 0 Å². The predicted molar refractivity (Wildman–Crippen MR) is 116 cm³/mol. The zero-order valence-electron chi connectivity index (χ0n) is 16.4. The Balaban J connectivity index is 1.72. The first-order valence-electron chi connectivity index (χ1n) is 9.79. The molecule has 1 N–H and O–H groups in total. The van der Waals surface area contributed by atoms with Crippen molar-refractivity contribution in [2.45, 2.75) is 25.7 Å². The smallest absolute Gasteiger partial charge is 0.168 e. The first kappa shape index (κ1) is 18.9. The van der Waals surface area contributed by atoms with E-state index in [9.17, 15) is 9.90 Å². The Morgan fingerprint density at radius 2 is 1.76 bits per heavy atom. The van der Waals surface area contributed by atoms with Gasteiger partial charge in [0.15, 0.2) is 5.78 Å². The Bertz CT molecular complexity index is 1110. The number of nitrogens with zero attached hydrogens (tertiary/aromatic N) is 1. The standard InChI is InChI=1S/C25H23NO3/c1-29-20-14-12-19(13-15-20)26-22-10-5-11-23(27)25(22)24(28)16-18-8-4-7-17-6-2-3-9-21(17)18/h2-4,6-9,12-15,28H,5,10-11,16H2,1H3/b25-24+,26-22?. The van der Waals surface area contributed by atoms with Gasteiger partial charge in [0.05, 0.1) is 24.1 Å². The van der Waals surface area contributed by atoms with Gasteiger partial charge in [0, 0.05) is 12.8 Å². The number of Topliss-reactive ketones (excluding diaryl/α,β-unsaturated/α-hetero) is 1. The number of methoxy groups -OCH3 is 1. The summed E-state index contributed by atoms with van der Waals surface area (Å²) in [6, 6.07) is 21.5. The van der Waals surface area contributed by atoms with Crippen molar-refractivity contribution in [3.63, 3.8) is 0 Å². The molecule has 0 spiro atoms. The Labute approximate surface area is 170 Å². The SMILES string of the molecule is COc1ccc(N=C2CCCC(=O)/C2=C(/O)Cc2cccc3ccccc23)cc1. The van der Waals surface area contributed by atoms with Crippen LogP contribution in [0.5, 0.6) is 5.75 Å². The van der Waals surface area contributed by atoms with Gasteiger partial charge in [-0.15, -0.1) is 0 Å². The summed E-state index contributed by atoms with van der Waals surface area (Å²) in [6.07, 6.45) is 2.17. The minimum absolute atomic E-state index is 0.0405. The Morgan fingerprint density at radius 3 is 2.55 bits per heavy atom. The van der Waals surface area contributed by atoms with Crippen molar-refractivity contribution in [1.82, 2.24) is 0 Å². The lowest BCUT2D eigenvalue weighted by Gasteiger charge is -2.18. The number of aliphatic hydroxyl groups is 1. The van der Waals surface area contributed by atoms with Crippen LogP contribution in [0, 0.1) is 0 Å². The summed E-state index contributed by atoms with van der Waals surface area (Å²) in [5, 5.41) is 13.1. The van der Waals surface area contributed by atoms with E-state index in [4.69, 9.17) is 4.74 Å². The van der Waals surface area contributed by atoms with Gasteiger partial charge in [-0.05, 0) is 53.4 Å². The van der Waals surface area contributed by atoms with E-state index in [1.807, 2.05) is 66.7 Å². The quantitative estimate of drug-likeness (QED) is 0.461. The molecular formula is C25H23NO3. The number of ether oxygens (including phenoxy) is 1. The maximum atomic E-state index is 12.7. The van der Waals surface area contributed by atoms with Crippen molar-refractivity contribution in [1.29, 1.82) is 0 Å². The van der Waals surface area contributed by atoms with Gasteiger partial charge in [0.2, 0.25) is 0 Å². The average molecular weight is 385 g/mol. The molecule has 3 aromatic rings. The van der Waals surface area contributed by atoms with E-state index >= 15 is 0 Å². The Morgan fingerprint density at radius 1 is 1.00 bits per heavy atom. The zero-order valence-corrected chi connectivity index (χ0v) is 16.4. The Hall–Kier alpha value is -3.40. The van der Waals surface area contributed by atoms with E-state index in [1.54, 1.807) is 7.11 Å². The monoisotopic (exact) mass is 385 g/mol. The van der Waals surface area contributed by atoms with Gasteiger partial charge >= 0.3 is 0 Å². The number of hydrogen-bond acceptors (Lipinski definition) is 4. The van der Waals surface area contributed by atoms with E-state index in [2.05, 4.69) is 4.99 Å². The summed E-state index contributed by atoms with van der Waals surface area (Å²) in [4.78, 5) is 17.3. The minimum Gasteiger partial charge on any atom is -0.511 e. The molecule has 146 valence electrons. The molecule has 1 fully saturated rings. The van der Waals surface area contributed by atoms with Crippen LogP contribution in [-0.4, -0.2) is 23.7 Å². The highest BCUT2D eigenvalue weighted by molar-refractivity contribution is 6.24. The van der Waals surface area contributed by atoms with Crippen LogP contribution in [0.2, 0.25) is 0 Å². The first-order valence-corrected chi connectivity index (χ1v) is 9.79. The summed E-state index contributed by atoms with van der Waals surface area (Å²) in [7, 11) is 1.62. The fourth-order valence-electron chi connectivity index (χ4n) is 3.79. The summed E-state index contributed by atoms with van der Waals surface area (Å²) in [5.41, 5.74) is 2.77. The molecule has 1 aliphatic rings. The number of aliphatic imine (C=N–C) groups is 1. The molecule has 0 aliphatic heterocycles. The van der Waals surface area contributed by atoms with Crippen molar-refractivity contribution in [3.05, 3.63) is 83.6 Å². The van der Waals surface area contributed by atoms with Crippen LogP contribution in [0.25, 0.3) is 10.8 Å². The first-order chi connectivity index (χ1) is 14.2. The summed E-state index contributed by atoms with van der Waals surface area (Å²) < 4.78 is 5.19. The number of ketones is 1. The van der Waals surface area contributed by atoms with Crippen molar-refractivity contribution < 1.29 is 14.6 Å². The van der Waals surface area contributed by atoms with Gasteiger partial charge in [-0.1, -0.05) is 42.5 Å². The molecule has 0 unspecified atom stereocenters. The lowest BCUT2D eigenvalue weighted by atomic mass is 9.88. The van der Waals surface area contributed by atoms with Crippen molar-refractivity contribution in [2.24, 2.45) is 4.99 Å². The van der Waals surface area contributed by atoms with Crippen LogP contribution in [-0.2, 0) is 11.2 Å². The third-order valence-electron chi connectivity index (χ3n) is 5.25. The number of hydrogen-bond donors (Lipinski definition) is 1. The molecule has 0 radical (unpaired) electrons. The molecule has 1 aliphatic carbocycles. The van der Waals surface area contributed by atoms with Crippen LogP contribution in [0.3, 0.4) is 0 Å². The topological polar surface area (TPSA) is 58.9 Å². The molecule has 0 atom stereocenters. The van der Waals surface area contributed by atoms with Gasteiger partial charge in [0.1, 0.15) is 11.5 Å². The largest absolute Gasteiger partial charge is 0.511 e. The second kappa shape index (κ2) is 8.31. The molecule has 4 heteroatoms.